The standard InChI is InChI=1S/C17H19BrN2O/c1-3-10-20(16-7-5-4-6-15(16)19)17(21)13-9-8-12(2)11-14(13)18/h4-9,11H,3,10,19H2,1-2H3. The van der Waals surface area contributed by atoms with Crippen LogP contribution in [0.15, 0.2) is 46.9 Å². The number of hydrogen-bond acceptors (Lipinski definition) is 2. The number of nitrogens with zero attached hydrogens (tertiary/aromatic N) is 1. The molecule has 0 aliphatic carbocycles. The summed E-state index contributed by atoms with van der Waals surface area (Å²) in [6, 6.07) is 13.2. The first kappa shape index (κ1) is 15.6. The molecule has 2 N–H and O–H groups in total. The van der Waals surface area contributed by atoms with Crippen molar-refractivity contribution >= 4 is 33.2 Å². The van der Waals surface area contributed by atoms with Crippen molar-refractivity contribution in [2.24, 2.45) is 0 Å². The third kappa shape index (κ3) is 3.45. The number of nitrogen functional groups attached to an aromatic ring is 1. The van der Waals surface area contributed by atoms with E-state index in [0.717, 1.165) is 22.1 Å². The van der Waals surface area contributed by atoms with Crippen LogP contribution in [-0.2, 0) is 0 Å². The third-order valence-electron chi connectivity index (χ3n) is 3.27. The van der Waals surface area contributed by atoms with Crippen molar-refractivity contribution in [1.82, 2.24) is 0 Å². The highest BCUT2D eigenvalue weighted by atomic mass is 79.9. The number of rotatable bonds is 4. The second kappa shape index (κ2) is 6.76. The van der Waals surface area contributed by atoms with Crippen molar-refractivity contribution < 1.29 is 4.79 Å². The third-order valence-corrected chi connectivity index (χ3v) is 3.93. The van der Waals surface area contributed by atoms with Crippen LogP contribution in [0.5, 0.6) is 0 Å². The largest absolute Gasteiger partial charge is 0.397 e. The van der Waals surface area contributed by atoms with E-state index < -0.39 is 0 Å². The van der Waals surface area contributed by atoms with Crippen LogP contribution in [0.1, 0.15) is 29.3 Å². The molecule has 1 amide bonds. The maximum absolute atomic E-state index is 12.9. The van der Waals surface area contributed by atoms with E-state index in [0.29, 0.717) is 17.8 Å². The Morgan fingerprint density at radius 1 is 1.24 bits per heavy atom. The number of hydrogen-bond donors (Lipinski definition) is 1. The molecule has 0 aliphatic rings. The molecule has 0 unspecified atom stereocenters. The van der Waals surface area contributed by atoms with Crippen molar-refractivity contribution in [3.8, 4) is 0 Å². The summed E-state index contributed by atoms with van der Waals surface area (Å²) in [6.07, 6.45) is 0.865. The Hall–Kier alpha value is -1.81. The molecule has 0 saturated heterocycles. The van der Waals surface area contributed by atoms with Gasteiger partial charge in [-0.05, 0) is 59.1 Å². The lowest BCUT2D eigenvalue weighted by atomic mass is 10.1. The summed E-state index contributed by atoms with van der Waals surface area (Å²) in [6.45, 7) is 4.68. The first-order valence-electron chi connectivity index (χ1n) is 6.97. The molecule has 2 aromatic rings. The second-order valence-electron chi connectivity index (χ2n) is 5.00. The zero-order chi connectivity index (χ0) is 15.4. The van der Waals surface area contributed by atoms with Crippen LogP contribution < -0.4 is 10.6 Å². The predicted molar refractivity (Wildman–Crippen MR) is 91.7 cm³/mol. The number of benzene rings is 2. The molecule has 0 spiro atoms. The monoisotopic (exact) mass is 346 g/mol. The molecule has 0 aromatic heterocycles. The number of anilines is 2. The first-order chi connectivity index (χ1) is 10.0. The summed E-state index contributed by atoms with van der Waals surface area (Å²) in [4.78, 5) is 14.6. The number of amides is 1. The molecular weight excluding hydrogens is 328 g/mol. The van der Waals surface area contributed by atoms with Gasteiger partial charge in [0.2, 0.25) is 0 Å². The minimum atomic E-state index is -0.0402. The summed E-state index contributed by atoms with van der Waals surface area (Å²) in [7, 11) is 0. The number of halogens is 1. The van der Waals surface area contributed by atoms with Gasteiger partial charge in [-0.2, -0.15) is 0 Å². The molecule has 3 nitrogen and oxygen atoms in total. The maximum atomic E-state index is 12.9. The van der Waals surface area contributed by atoms with Crippen LogP contribution in [-0.4, -0.2) is 12.5 Å². The number of nitrogens with two attached hydrogens (primary N) is 1. The number of carbonyl (C=O) groups is 1. The summed E-state index contributed by atoms with van der Waals surface area (Å²) in [5.74, 6) is -0.0402. The Kier molecular flexibility index (Phi) is 5.02. The van der Waals surface area contributed by atoms with Gasteiger partial charge in [-0.1, -0.05) is 25.1 Å². The van der Waals surface area contributed by atoms with Gasteiger partial charge in [-0.15, -0.1) is 0 Å². The highest BCUT2D eigenvalue weighted by molar-refractivity contribution is 9.10. The van der Waals surface area contributed by atoms with E-state index in [1.54, 1.807) is 4.90 Å². The smallest absolute Gasteiger partial charge is 0.259 e. The highest BCUT2D eigenvalue weighted by Gasteiger charge is 2.20. The molecule has 0 fully saturated rings. The maximum Gasteiger partial charge on any atom is 0.259 e. The molecule has 0 radical (unpaired) electrons. The molecule has 0 heterocycles. The molecule has 4 heteroatoms. The lowest BCUT2D eigenvalue weighted by Crippen LogP contribution is -2.32. The average Bonchev–Trinajstić information content (AvgIpc) is 2.45. The van der Waals surface area contributed by atoms with Crippen LogP contribution >= 0.6 is 15.9 Å². The quantitative estimate of drug-likeness (QED) is 0.834. The summed E-state index contributed by atoms with van der Waals surface area (Å²) < 4.78 is 0.808. The zero-order valence-electron chi connectivity index (χ0n) is 12.3. The number of para-hydroxylation sites is 2. The Balaban J connectivity index is 2.43. The Bertz CT molecular complexity index is 655. The summed E-state index contributed by atoms with van der Waals surface area (Å²) in [5, 5.41) is 0. The predicted octanol–water partition coefficient (Wildman–Crippen LogP) is 4.40. The van der Waals surface area contributed by atoms with Crippen molar-refractivity contribution in [3.63, 3.8) is 0 Å². The Labute approximate surface area is 133 Å². The molecule has 2 rings (SSSR count). The van der Waals surface area contributed by atoms with Crippen LogP contribution in [0.25, 0.3) is 0 Å². The average molecular weight is 347 g/mol. The highest BCUT2D eigenvalue weighted by Crippen LogP contribution is 2.27. The normalized spacial score (nSPS) is 10.4. The SMILES string of the molecule is CCCN(C(=O)c1ccc(C)cc1Br)c1ccccc1N. The molecule has 2 aromatic carbocycles. The molecular formula is C17H19BrN2O. The van der Waals surface area contributed by atoms with Crippen LogP contribution in [0, 0.1) is 6.92 Å². The van der Waals surface area contributed by atoms with Gasteiger partial charge < -0.3 is 10.6 Å². The minimum absolute atomic E-state index is 0.0402. The van der Waals surface area contributed by atoms with Crippen molar-refractivity contribution in [2.45, 2.75) is 20.3 Å². The van der Waals surface area contributed by atoms with E-state index in [1.807, 2.05) is 56.3 Å². The van der Waals surface area contributed by atoms with Gasteiger partial charge in [-0.3, -0.25) is 4.79 Å². The van der Waals surface area contributed by atoms with E-state index in [1.165, 1.54) is 0 Å². The first-order valence-corrected chi connectivity index (χ1v) is 7.76. The van der Waals surface area contributed by atoms with Gasteiger partial charge in [-0.25, -0.2) is 0 Å². The van der Waals surface area contributed by atoms with Gasteiger partial charge in [0, 0.05) is 11.0 Å². The van der Waals surface area contributed by atoms with Crippen molar-refractivity contribution in [1.29, 1.82) is 0 Å². The lowest BCUT2D eigenvalue weighted by molar-refractivity contribution is 0.0986. The molecule has 0 aliphatic heterocycles. The van der Waals surface area contributed by atoms with E-state index in [4.69, 9.17) is 5.73 Å². The minimum Gasteiger partial charge on any atom is -0.397 e. The van der Waals surface area contributed by atoms with Crippen molar-refractivity contribution in [3.05, 3.63) is 58.1 Å². The molecule has 21 heavy (non-hydrogen) atoms. The summed E-state index contributed by atoms with van der Waals surface area (Å²) >= 11 is 3.48. The zero-order valence-corrected chi connectivity index (χ0v) is 13.9. The molecule has 0 bridgehead atoms. The van der Waals surface area contributed by atoms with Crippen molar-refractivity contribution in [2.75, 3.05) is 17.2 Å². The van der Waals surface area contributed by atoms with Crippen LogP contribution in [0.2, 0.25) is 0 Å². The van der Waals surface area contributed by atoms with Crippen LogP contribution in [0.3, 0.4) is 0 Å². The molecule has 0 atom stereocenters. The van der Waals surface area contributed by atoms with Gasteiger partial charge in [0.05, 0.1) is 16.9 Å². The van der Waals surface area contributed by atoms with E-state index >= 15 is 0 Å². The fraction of sp³-hybridized carbons (Fsp3) is 0.235. The van der Waals surface area contributed by atoms with Crippen LogP contribution in [0.4, 0.5) is 11.4 Å². The molecule has 0 saturated carbocycles. The summed E-state index contributed by atoms with van der Waals surface area (Å²) in [5.41, 5.74) is 9.16. The van der Waals surface area contributed by atoms with Gasteiger partial charge in [0.1, 0.15) is 0 Å². The topological polar surface area (TPSA) is 46.3 Å². The number of aryl methyl sites for hydroxylation is 1. The van der Waals surface area contributed by atoms with Gasteiger partial charge >= 0.3 is 0 Å². The fourth-order valence-electron chi connectivity index (χ4n) is 2.23. The van der Waals surface area contributed by atoms with E-state index in [9.17, 15) is 4.79 Å². The lowest BCUT2D eigenvalue weighted by Gasteiger charge is -2.24. The Morgan fingerprint density at radius 2 is 1.95 bits per heavy atom. The van der Waals surface area contributed by atoms with Gasteiger partial charge in [0.15, 0.2) is 0 Å². The second-order valence-corrected chi connectivity index (χ2v) is 5.85. The molecule has 110 valence electrons. The van der Waals surface area contributed by atoms with E-state index in [2.05, 4.69) is 15.9 Å². The van der Waals surface area contributed by atoms with Gasteiger partial charge in [0.25, 0.3) is 5.91 Å². The van der Waals surface area contributed by atoms with E-state index in [-0.39, 0.29) is 5.91 Å². The number of carbonyl (C=O) groups excluding carboxylic acids is 1. The Morgan fingerprint density at radius 3 is 2.57 bits per heavy atom. The fourth-order valence-corrected chi connectivity index (χ4v) is 2.89.